The molecule has 1 aromatic rings. The zero-order valence-electron chi connectivity index (χ0n) is 12.2. The molecule has 0 aromatic carbocycles. The number of carbonyl (C=O) groups is 1. The van der Waals surface area contributed by atoms with Gasteiger partial charge in [0.25, 0.3) is 0 Å². The minimum Gasteiger partial charge on any atom is -0.303 e. The van der Waals surface area contributed by atoms with Gasteiger partial charge in [0.2, 0.25) is 0 Å². The van der Waals surface area contributed by atoms with Crippen LogP contribution in [0.3, 0.4) is 0 Å². The number of rotatable bonds is 5. The van der Waals surface area contributed by atoms with Gasteiger partial charge in [-0.05, 0) is 45.6 Å². The minimum absolute atomic E-state index is 0.111. The average Bonchev–Trinajstić information content (AvgIpc) is 2.78. The van der Waals surface area contributed by atoms with E-state index in [1.807, 2.05) is 5.51 Å². The van der Waals surface area contributed by atoms with Gasteiger partial charge in [0.05, 0.1) is 11.2 Å². The minimum atomic E-state index is -0.111. The summed E-state index contributed by atoms with van der Waals surface area (Å²) in [7, 11) is 2.11. The van der Waals surface area contributed by atoms with Crippen molar-refractivity contribution in [3.8, 4) is 0 Å². The fourth-order valence-corrected chi connectivity index (χ4v) is 3.82. The van der Waals surface area contributed by atoms with E-state index in [1.54, 1.807) is 11.3 Å². The van der Waals surface area contributed by atoms with Gasteiger partial charge < -0.3 is 9.69 Å². The van der Waals surface area contributed by atoms with Crippen LogP contribution in [-0.2, 0) is 11.3 Å². The SMILES string of the molecule is Cc1ncsc1CN(C)CC1(C=O)CCC(C)CC1. The van der Waals surface area contributed by atoms with Crippen molar-refractivity contribution in [3.05, 3.63) is 16.1 Å². The van der Waals surface area contributed by atoms with Crippen LogP contribution >= 0.6 is 11.3 Å². The normalized spacial score (nSPS) is 27.7. The first-order valence-corrected chi connectivity index (χ1v) is 7.96. The molecule has 19 heavy (non-hydrogen) atoms. The van der Waals surface area contributed by atoms with E-state index in [1.165, 1.54) is 24.0 Å². The highest BCUT2D eigenvalue weighted by Crippen LogP contribution is 2.38. The summed E-state index contributed by atoms with van der Waals surface area (Å²) in [6.07, 6.45) is 5.68. The number of aldehydes is 1. The second-order valence-corrected chi connectivity index (χ2v) is 7.14. The van der Waals surface area contributed by atoms with E-state index in [4.69, 9.17) is 0 Å². The maximum Gasteiger partial charge on any atom is 0.127 e. The summed E-state index contributed by atoms with van der Waals surface area (Å²) in [6.45, 7) is 6.12. The van der Waals surface area contributed by atoms with Gasteiger partial charge in [-0.3, -0.25) is 0 Å². The highest BCUT2D eigenvalue weighted by atomic mass is 32.1. The summed E-state index contributed by atoms with van der Waals surface area (Å²) in [4.78, 5) is 19.4. The Kier molecular flexibility index (Phi) is 4.74. The van der Waals surface area contributed by atoms with Crippen molar-refractivity contribution in [1.29, 1.82) is 0 Å². The van der Waals surface area contributed by atoms with Crippen molar-refractivity contribution in [1.82, 2.24) is 9.88 Å². The molecule has 0 amide bonds. The number of carbonyl (C=O) groups excluding carboxylic acids is 1. The molecule has 1 saturated carbocycles. The Balaban J connectivity index is 1.95. The van der Waals surface area contributed by atoms with Crippen LogP contribution in [0.1, 0.15) is 43.2 Å². The van der Waals surface area contributed by atoms with Crippen LogP contribution in [0, 0.1) is 18.3 Å². The smallest absolute Gasteiger partial charge is 0.127 e. The molecule has 1 aliphatic rings. The summed E-state index contributed by atoms with van der Waals surface area (Å²) in [5.74, 6) is 0.780. The van der Waals surface area contributed by atoms with E-state index in [9.17, 15) is 4.79 Å². The number of nitrogens with zero attached hydrogens (tertiary/aromatic N) is 2. The number of hydrogen-bond acceptors (Lipinski definition) is 4. The molecular weight excluding hydrogens is 256 g/mol. The zero-order valence-corrected chi connectivity index (χ0v) is 13.0. The van der Waals surface area contributed by atoms with Crippen LogP contribution in [0.4, 0.5) is 0 Å². The fraction of sp³-hybridized carbons (Fsp3) is 0.733. The molecule has 1 aliphatic carbocycles. The van der Waals surface area contributed by atoms with Gasteiger partial charge in [0.1, 0.15) is 6.29 Å². The van der Waals surface area contributed by atoms with Crippen molar-refractivity contribution >= 4 is 17.6 Å². The first-order valence-electron chi connectivity index (χ1n) is 7.08. The molecule has 3 nitrogen and oxygen atoms in total. The Labute approximate surface area is 120 Å². The van der Waals surface area contributed by atoms with E-state index < -0.39 is 0 Å². The molecule has 0 radical (unpaired) electrons. The maximum absolute atomic E-state index is 11.6. The van der Waals surface area contributed by atoms with E-state index in [0.717, 1.165) is 37.5 Å². The standard InChI is InChI=1S/C15H24N2OS/c1-12-4-6-15(10-18,7-5-12)9-17(3)8-14-13(2)16-11-19-14/h10-12H,4-9H2,1-3H3. The topological polar surface area (TPSA) is 33.2 Å². The number of thiazole rings is 1. The number of aryl methyl sites for hydroxylation is 1. The lowest BCUT2D eigenvalue weighted by Crippen LogP contribution is -2.39. The van der Waals surface area contributed by atoms with Crippen molar-refractivity contribution in [2.75, 3.05) is 13.6 Å². The second-order valence-electron chi connectivity index (χ2n) is 6.20. The fourth-order valence-electron chi connectivity index (χ4n) is 2.97. The third-order valence-electron chi connectivity index (χ3n) is 4.36. The predicted molar refractivity (Wildman–Crippen MR) is 79.3 cm³/mol. The Morgan fingerprint density at radius 1 is 1.53 bits per heavy atom. The molecule has 1 heterocycles. The molecule has 106 valence electrons. The van der Waals surface area contributed by atoms with Gasteiger partial charge in [-0.15, -0.1) is 11.3 Å². The van der Waals surface area contributed by atoms with E-state index in [-0.39, 0.29) is 5.41 Å². The van der Waals surface area contributed by atoms with Crippen LogP contribution in [-0.4, -0.2) is 29.8 Å². The third-order valence-corrected chi connectivity index (χ3v) is 5.28. The molecule has 0 aliphatic heterocycles. The first-order chi connectivity index (χ1) is 9.04. The van der Waals surface area contributed by atoms with Crippen molar-refractivity contribution in [3.63, 3.8) is 0 Å². The lowest BCUT2D eigenvalue weighted by atomic mass is 9.71. The molecule has 4 heteroatoms. The van der Waals surface area contributed by atoms with Crippen molar-refractivity contribution in [2.45, 2.75) is 46.1 Å². The molecule has 0 unspecified atom stereocenters. The summed E-state index contributed by atoms with van der Waals surface area (Å²) in [5, 5.41) is 0. The molecule has 0 spiro atoms. The highest BCUT2D eigenvalue weighted by Gasteiger charge is 2.35. The third kappa shape index (κ3) is 3.63. The Morgan fingerprint density at radius 3 is 2.74 bits per heavy atom. The quantitative estimate of drug-likeness (QED) is 0.776. The van der Waals surface area contributed by atoms with E-state index in [0.29, 0.717) is 0 Å². The Bertz CT molecular complexity index is 422. The molecule has 0 saturated heterocycles. The maximum atomic E-state index is 11.6. The summed E-state index contributed by atoms with van der Waals surface area (Å²) in [6, 6.07) is 0. The average molecular weight is 280 g/mol. The molecular formula is C15H24N2OS. The van der Waals surface area contributed by atoms with Crippen LogP contribution in [0.2, 0.25) is 0 Å². The molecule has 0 N–H and O–H groups in total. The monoisotopic (exact) mass is 280 g/mol. The van der Waals surface area contributed by atoms with Crippen LogP contribution < -0.4 is 0 Å². The molecule has 1 aromatic heterocycles. The Hall–Kier alpha value is -0.740. The van der Waals surface area contributed by atoms with Crippen LogP contribution in [0.25, 0.3) is 0 Å². The van der Waals surface area contributed by atoms with Gasteiger partial charge >= 0.3 is 0 Å². The number of hydrogen-bond donors (Lipinski definition) is 0. The van der Waals surface area contributed by atoms with E-state index >= 15 is 0 Å². The summed E-state index contributed by atoms with van der Waals surface area (Å²) >= 11 is 1.71. The van der Waals surface area contributed by atoms with Crippen molar-refractivity contribution < 1.29 is 4.79 Å². The molecule has 0 atom stereocenters. The number of aromatic nitrogens is 1. The largest absolute Gasteiger partial charge is 0.303 e. The van der Waals surface area contributed by atoms with Gasteiger partial charge in [-0.1, -0.05) is 6.92 Å². The molecule has 0 bridgehead atoms. The van der Waals surface area contributed by atoms with E-state index in [2.05, 4.69) is 30.8 Å². The lowest BCUT2D eigenvalue weighted by Gasteiger charge is -2.37. The van der Waals surface area contributed by atoms with Crippen LogP contribution in [0.5, 0.6) is 0 Å². The first kappa shape index (κ1) is 14.7. The lowest BCUT2D eigenvalue weighted by molar-refractivity contribution is -0.119. The zero-order chi connectivity index (χ0) is 13.9. The predicted octanol–water partition coefficient (Wildman–Crippen LogP) is 3.28. The van der Waals surface area contributed by atoms with Crippen LogP contribution in [0.15, 0.2) is 5.51 Å². The highest BCUT2D eigenvalue weighted by molar-refractivity contribution is 7.09. The van der Waals surface area contributed by atoms with Gasteiger partial charge in [-0.2, -0.15) is 0 Å². The summed E-state index contributed by atoms with van der Waals surface area (Å²) in [5.41, 5.74) is 2.91. The Morgan fingerprint density at radius 2 is 2.21 bits per heavy atom. The summed E-state index contributed by atoms with van der Waals surface area (Å²) < 4.78 is 0. The molecule has 1 fully saturated rings. The van der Waals surface area contributed by atoms with Gasteiger partial charge in [-0.25, -0.2) is 4.98 Å². The van der Waals surface area contributed by atoms with Crippen molar-refractivity contribution in [2.24, 2.45) is 11.3 Å². The second kappa shape index (κ2) is 6.14. The van der Waals surface area contributed by atoms with Gasteiger partial charge in [0.15, 0.2) is 0 Å². The molecule has 2 rings (SSSR count). The van der Waals surface area contributed by atoms with Gasteiger partial charge in [0, 0.05) is 23.4 Å².